The molecule has 0 atom stereocenters. The minimum absolute atomic E-state index is 0.174. The SMILES string of the molecule is O=c1[nH]c(SCc2ccc(F)cc2)nc(Cc2ccc(Br)cc2)c1Cc1cncnc1. The van der Waals surface area contributed by atoms with Gasteiger partial charge >= 0.3 is 0 Å². The molecule has 0 bridgehead atoms. The molecule has 0 amide bonds. The minimum Gasteiger partial charge on any atom is -0.301 e. The molecule has 0 spiro atoms. The van der Waals surface area contributed by atoms with Crippen molar-refractivity contribution in [2.45, 2.75) is 23.8 Å². The summed E-state index contributed by atoms with van der Waals surface area (Å²) in [6.07, 6.45) is 5.80. The van der Waals surface area contributed by atoms with E-state index in [1.165, 1.54) is 30.2 Å². The molecule has 4 aromatic rings. The van der Waals surface area contributed by atoms with Gasteiger partial charge in [-0.15, -0.1) is 0 Å². The van der Waals surface area contributed by atoms with Gasteiger partial charge in [0.15, 0.2) is 5.16 Å². The number of nitrogens with zero attached hydrogens (tertiary/aromatic N) is 3. The maximum atomic E-state index is 13.1. The molecule has 0 unspecified atom stereocenters. The fourth-order valence-electron chi connectivity index (χ4n) is 3.07. The van der Waals surface area contributed by atoms with Crippen LogP contribution in [0.25, 0.3) is 0 Å². The molecule has 0 saturated heterocycles. The Labute approximate surface area is 191 Å². The number of nitrogens with one attached hydrogen (secondary N) is 1. The fraction of sp³-hybridized carbons (Fsp3) is 0.130. The Balaban J connectivity index is 1.64. The van der Waals surface area contributed by atoms with Crippen molar-refractivity contribution in [3.63, 3.8) is 0 Å². The van der Waals surface area contributed by atoms with Crippen LogP contribution < -0.4 is 5.56 Å². The van der Waals surface area contributed by atoms with E-state index >= 15 is 0 Å². The van der Waals surface area contributed by atoms with Crippen molar-refractivity contribution in [2.75, 3.05) is 0 Å². The smallest absolute Gasteiger partial charge is 0.255 e. The molecule has 8 heteroatoms. The predicted octanol–water partition coefficient (Wildman–Crippen LogP) is 4.94. The first kappa shape index (κ1) is 21.4. The van der Waals surface area contributed by atoms with Gasteiger partial charge in [0.25, 0.3) is 5.56 Å². The Morgan fingerprint density at radius 3 is 2.29 bits per heavy atom. The number of H-pyrrole nitrogens is 1. The average molecular weight is 497 g/mol. The first-order valence-corrected chi connectivity index (χ1v) is 11.3. The van der Waals surface area contributed by atoms with Crippen molar-refractivity contribution in [1.29, 1.82) is 0 Å². The summed E-state index contributed by atoms with van der Waals surface area (Å²) in [5.74, 6) is 0.304. The highest BCUT2D eigenvalue weighted by Gasteiger charge is 2.14. The molecular formula is C23H18BrFN4OS. The van der Waals surface area contributed by atoms with E-state index in [0.29, 0.717) is 29.3 Å². The Kier molecular flexibility index (Phi) is 6.89. The van der Waals surface area contributed by atoms with Crippen LogP contribution in [-0.4, -0.2) is 19.9 Å². The summed E-state index contributed by atoms with van der Waals surface area (Å²) in [6.45, 7) is 0. The van der Waals surface area contributed by atoms with Crippen LogP contribution in [0.2, 0.25) is 0 Å². The van der Waals surface area contributed by atoms with E-state index in [-0.39, 0.29) is 11.4 Å². The number of thioether (sulfide) groups is 1. The third-order valence-corrected chi connectivity index (χ3v) is 6.12. The van der Waals surface area contributed by atoms with E-state index in [4.69, 9.17) is 4.98 Å². The summed E-state index contributed by atoms with van der Waals surface area (Å²) in [6, 6.07) is 14.3. The van der Waals surface area contributed by atoms with Gasteiger partial charge in [0.05, 0.1) is 5.69 Å². The molecule has 5 nitrogen and oxygen atoms in total. The normalized spacial score (nSPS) is 10.9. The van der Waals surface area contributed by atoms with E-state index in [9.17, 15) is 9.18 Å². The van der Waals surface area contributed by atoms with Crippen molar-refractivity contribution in [3.8, 4) is 0 Å². The Bertz CT molecular complexity index is 1220. The monoisotopic (exact) mass is 496 g/mol. The number of aromatic nitrogens is 4. The van der Waals surface area contributed by atoms with Crippen molar-refractivity contribution >= 4 is 27.7 Å². The van der Waals surface area contributed by atoms with Gasteiger partial charge in [0.1, 0.15) is 12.1 Å². The number of hydrogen-bond acceptors (Lipinski definition) is 5. The first-order valence-electron chi connectivity index (χ1n) is 9.54. The topological polar surface area (TPSA) is 71.5 Å². The molecule has 2 aromatic heterocycles. The minimum atomic E-state index is -0.272. The molecule has 2 aromatic carbocycles. The Hall–Kier alpha value is -2.84. The van der Waals surface area contributed by atoms with Gasteiger partial charge in [0.2, 0.25) is 0 Å². The summed E-state index contributed by atoms with van der Waals surface area (Å²) < 4.78 is 14.1. The molecule has 156 valence electrons. The zero-order valence-electron chi connectivity index (χ0n) is 16.4. The first-order chi connectivity index (χ1) is 15.1. The zero-order valence-corrected chi connectivity index (χ0v) is 18.8. The highest BCUT2D eigenvalue weighted by Crippen LogP contribution is 2.22. The molecule has 0 fully saturated rings. The standard InChI is InChI=1S/C23H18BrFN4OS/c24-18-5-1-15(2-6-18)10-21-20(9-17-11-26-14-27-12-17)22(30)29-23(28-21)31-13-16-3-7-19(25)8-4-16/h1-8,11-12,14H,9-10,13H2,(H,28,29,30). The third kappa shape index (κ3) is 5.86. The molecule has 2 heterocycles. The zero-order chi connectivity index (χ0) is 21.6. The molecule has 0 aliphatic heterocycles. The summed E-state index contributed by atoms with van der Waals surface area (Å²) in [7, 11) is 0. The van der Waals surface area contributed by atoms with Gasteiger partial charge < -0.3 is 4.98 Å². The summed E-state index contributed by atoms with van der Waals surface area (Å²) in [4.78, 5) is 28.7. The lowest BCUT2D eigenvalue weighted by atomic mass is 10.0. The number of hydrogen-bond donors (Lipinski definition) is 1. The van der Waals surface area contributed by atoms with E-state index < -0.39 is 0 Å². The summed E-state index contributed by atoms with van der Waals surface area (Å²) in [5, 5.41) is 0.537. The second-order valence-electron chi connectivity index (χ2n) is 6.94. The lowest BCUT2D eigenvalue weighted by molar-refractivity contribution is 0.627. The van der Waals surface area contributed by atoms with Crippen molar-refractivity contribution in [3.05, 3.63) is 116 Å². The molecule has 4 rings (SSSR count). The van der Waals surface area contributed by atoms with Crippen LogP contribution in [0.1, 0.15) is 27.9 Å². The maximum Gasteiger partial charge on any atom is 0.255 e. The Morgan fingerprint density at radius 2 is 1.58 bits per heavy atom. The van der Waals surface area contributed by atoms with Gasteiger partial charge in [-0.05, 0) is 41.0 Å². The van der Waals surface area contributed by atoms with Gasteiger partial charge in [0, 0.05) is 41.0 Å². The van der Waals surface area contributed by atoms with Crippen LogP contribution in [0.3, 0.4) is 0 Å². The van der Waals surface area contributed by atoms with Crippen molar-refractivity contribution in [2.24, 2.45) is 0 Å². The van der Waals surface area contributed by atoms with Crippen LogP contribution in [0.15, 0.2) is 81.7 Å². The van der Waals surface area contributed by atoms with E-state index in [0.717, 1.165) is 26.9 Å². The number of benzene rings is 2. The molecule has 1 N–H and O–H groups in total. The van der Waals surface area contributed by atoms with Gasteiger partial charge in [-0.2, -0.15) is 0 Å². The van der Waals surface area contributed by atoms with Crippen LogP contribution in [0.4, 0.5) is 4.39 Å². The molecular weight excluding hydrogens is 479 g/mol. The average Bonchev–Trinajstić information content (AvgIpc) is 2.78. The third-order valence-electron chi connectivity index (χ3n) is 4.65. The number of aromatic amines is 1. The number of rotatable bonds is 7. The van der Waals surface area contributed by atoms with Gasteiger partial charge in [-0.3, -0.25) is 4.79 Å². The Morgan fingerprint density at radius 1 is 0.903 bits per heavy atom. The van der Waals surface area contributed by atoms with Crippen LogP contribution in [-0.2, 0) is 18.6 Å². The van der Waals surface area contributed by atoms with Crippen molar-refractivity contribution in [1.82, 2.24) is 19.9 Å². The molecule has 0 radical (unpaired) electrons. The van der Waals surface area contributed by atoms with Gasteiger partial charge in [-0.1, -0.05) is 52.0 Å². The largest absolute Gasteiger partial charge is 0.301 e. The lowest BCUT2D eigenvalue weighted by Gasteiger charge is -2.11. The summed E-state index contributed by atoms with van der Waals surface area (Å²) in [5.41, 5.74) is 4.00. The van der Waals surface area contributed by atoms with E-state index in [2.05, 4.69) is 30.9 Å². The highest BCUT2D eigenvalue weighted by molar-refractivity contribution is 9.10. The number of halogens is 2. The second kappa shape index (κ2) is 9.98. The second-order valence-corrected chi connectivity index (χ2v) is 8.82. The lowest BCUT2D eigenvalue weighted by Crippen LogP contribution is -2.19. The van der Waals surface area contributed by atoms with Gasteiger partial charge in [-0.25, -0.2) is 19.3 Å². The fourth-order valence-corrected chi connectivity index (χ4v) is 4.17. The van der Waals surface area contributed by atoms with Crippen LogP contribution in [0, 0.1) is 5.82 Å². The van der Waals surface area contributed by atoms with Crippen LogP contribution >= 0.6 is 27.7 Å². The van der Waals surface area contributed by atoms with E-state index in [1.807, 2.05) is 24.3 Å². The van der Waals surface area contributed by atoms with Crippen molar-refractivity contribution < 1.29 is 4.39 Å². The molecule has 0 saturated carbocycles. The quantitative estimate of drug-likeness (QED) is 0.290. The maximum absolute atomic E-state index is 13.1. The highest BCUT2D eigenvalue weighted by atomic mass is 79.9. The molecule has 31 heavy (non-hydrogen) atoms. The summed E-state index contributed by atoms with van der Waals surface area (Å²) >= 11 is 4.86. The molecule has 0 aliphatic carbocycles. The molecule has 0 aliphatic rings. The van der Waals surface area contributed by atoms with Crippen LogP contribution in [0.5, 0.6) is 0 Å². The van der Waals surface area contributed by atoms with E-state index in [1.54, 1.807) is 24.5 Å². The predicted molar refractivity (Wildman–Crippen MR) is 123 cm³/mol.